The molecule has 0 spiro atoms. The molecule has 0 saturated carbocycles. The van der Waals surface area contributed by atoms with E-state index in [1.165, 1.54) is 12.8 Å². The number of allylic oxidation sites excluding steroid dienone is 1. The maximum Gasteiger partial charge on any atom is 0.303 e. The van der Waals surface area contributed by atoms with E-state index in [0.717, 1.165) is 25.8 Å². The first-order valence-corrected chi connectivity index (χ1v) is 6.55. The number of nitrogens with zero attached hydrogens (tertiary/aromatic N) is 1. The molecule has 3 heteroatoms. The maximum absolute atomic E-state index is 10.3. The highest BCUT2D eigenvalue weighted by Crippen LogP contribution is 2.13. The second-order valence-electron chi connectivity index (χ2n) is 4.89. The van der Waals surface area contributed by atoms with E-state index in [0.29, 0.717) is 12.3 Å². The van der Waals surface area contributed by atoms with Crippen LogP contribution in [0.15, 0.2) is 12.2 Å². The highest BCUT2D eigenvalue weighted by Gasteiger charge is 2.05. The largest absolute Gasteiger partial charge is 0.481 e. The zero-order chi connectivity index (χ0) is 13.1. The number of hydrogen-bond acceptors (Lipinski definition) is 2. The van der Waals surface area contributed by atoms with Gasteiger partial charge in [0.15, 0.2) is 0 Å². The predicted molar refractivity (Wildman–Crippen MR) is 72.2 cm³/mol. The normalized spacial score (nSPS) is 13.4. The van der Waals surface area contributed by atoms with Crippen LogP contribution in [-0.2, 0) is 4.79 Å². The molecule has 0 aromatic carbocycles. The third-order valence-corrected chi connectivity index (χ3v) is 2.78. The van der Waals surface area contributed by atoms with E-state index in [4.69, 9.17) is 5.11 Å². The molecule has 17 heavy (non-hydrogen) atoms. The number of carbonyl (C=O) groups is 1. The second kappa shape index (κ2) is 10.3. The van der Waals surface area contributed by atoms with Crippen LogP contribution in [0, 0.1) is 5.92 Å². The molecule has 0 aromatic heterocycles. The van der Waals surface area contributed by atoms with Crippen LogP contribution < -0.4 is 0 Å². The van der Waals surface area contributed by atoms with Crippen LogP contribution in [0.2, 0.25) is 0 Å². The van der Waals surface area contributed by atoms with Crippen LogP contribution in [0.5, 0.6) is 0 Å². The molecule has 0 amide bonds. The van der Waals surface area contributed by atoms with Gasteiger partial charge in [-0.15, -0.1) is 0 Å². The Balaban J connectivity index is 3.57. The number of carboxylic acids is 1. The van der Waals surface area contributed by atoms with Crippen molar-refractivity contribution in [2.45, 2.75) is 45.4 Å². The molecule has 0 heterocycles. The van der Waals surface area contributed by atoms with Gasteiger partial charge in [0.1, 0.15) is 0 Å². The van der Waals surface area contributed by atoms with Gasteiger partial charge in [-0.05, 0) is 39.8 Å². The molecule has 0 fully saturated rings. The van der Waals surface area contributed by atoms with Gasteiger partial charge in [0, 0.05) is 13.0 Å². The summed E-state index contributed by atoms with van der Waals surface area (Å²) in [6.45, 7) is 3.16. The van der Waals surface area contributed by atoms with E-state index in [9.17, 15) is 4.79 Å². The topological polar surface area (TPSA) is 40.5 Å². The molecule has 1 unspecified atom stereocenters. The zero-order valence-corrected chi connectivity index (χ0v) is 11.5. The monoisotopic (exact) mass is 241 g/mol. The molecule has 0 aromatic rings. The lowest BCUT2D eigenvalue weighted by Gasteiger charge is -2.17. The SMILES string of the molecule is C/C=C\C(CCCCCCC(=O)O)CN(C)C. The number of unbranched alkanes of at least 4 members (excludes halogenated alkanes) is 3. The van der Waals surface area contributed by atoms with Crippen LogP contribution in [0.4, 0.5) is 0 Å². The summed E-state index contributed by atoms with van der Waals surface area (Å²) in [6.07, 6.45) is 10.1. The van der Waals surface area contributed by atoms with Crippen molar-refractivity contribution in [2.24, 2.45) is 5.92 Å². The summed E-state index contributed by atoms with van der Waals surface area (Å²) in [5, 5.41) is 8.51. The van der Waals surface area contributed by atoms with Crippen molar-refractivity contribution in [2.75, 3.05) is 20.6 Å². The van der Waals surface area contributed by atoms with Gasteiger partial charge in [-0.1, -0.05) is 31.4 Å². The fourth-order valence-electron chi connectivity index (χ4n) is 2.03. The minimum atomic E-state index is -0.676. The Labute approximate surface area is 106 Å². The molecule has 3 nitrogen and oxygen atoms in total. The first-order valence-electron chi connectivity index (χ1n) is 6.55. The number of aliphatic carboxylic acids is 1. The first-order chi connectivity index (χ1) is 8.06. The van der Waals surface area contributed by atoms with Crippen molar-refractivity contribution in [3.05, 3.63) is 12.2 Å². The molecule has 0 aliphatic carbocycles. The quantitative estimate of drug-likeness (QED) is 0.472. The van der Waals surface area contributed by atoms with Gasteiger partial charge in [-0.3, -0.25) is 4.79 Å². The highest BCUT2D eigenvalue weighted by molar-refractivity contribution is 5.66. The highest BCUT2D eigenvalue weighted by atomic mass is 16.4. The summed E-state index contributed by atoms with van der Waals surface area (Å²) < 4.78 is 0. The Morgan fingerprint density at radius 1 is 1.24 bits per heavy atom. The van der Waals surface area contributed by atoms with E-state index in [1.54, 1.807) is 0 Å². The van der Waals surface area contributed by atoms with E-state index in [2.05, 4.69) is 38.1 Å². The molecule has 1 N–H and O–H groups in total. The Bertz CT molecular complexity index is 224. The lowest BCUT2D eigenvalue weighted by Crippen LogP contribution is -2.20. The van der Waals surface area contributed by atoms with E-state index in [-0.39, 0.29) is 0 Å². The molecule has 100 valence electrons. The average Bonchev–Trinajstić information content (AvgIpc) is 2.22. The minimum Gasteiger partial charge on any atom is -0.481 e. The zero-order valence-electron chi connectivity index (χ0n) is 11.5. The molecule has 0 radical (unpaired) electrons. The smallest absolute Gasteiger partial charge is 0.303 e. The molecule has 0 rings (SSSR count). The molecular weight excluding hydrogens is 214 g/mol. The van der Waals surface area contributed by atoms with Crippen LogP contribution in [0.25, 0.3) is 0 Å². The first kappa shape index (κ1) is 16.2. The number of hydrogen-bond donors (Lipinski definition) is 1. The lowest BCUT2D eigenvalue weighted by atomic mass is 9.99. The molecule has 0 saturated heterocycles. The van der Waals surface area contributed by atoms with Gasteiger partial charge in [-0.25, -0.2) is 0 Å². The van der Waals surface area contributed by atoms with E-state index in [1.807, 2.05) is 0 Å². The fraction of sp³-hybridized carbons (Fsp3) is 0.786. The van der Waals surface area contributed by atoms with Gasteiger partial charge in [0.25, 0.3) is 0 Å². The van der Waals surface area contributed by atoms with Gasteiger partial charge in [0.05, 0.1) is 0 Å². The van der Waals surface area contributed by atoms with Crippen molar-refractivity contribution in [1.82, 2.24) is 4.90 Å². The van der Waals surface area contributed by atoms with Crippen LogP contribution in [0.1, 0.15) is 45.4 Å². The number of rotatable bonds is 10. The van der Waals surface area contributed by atoms with E-state index >= 15 is 0 Å². The third-order valence-electron chi connectivity index (χ3n) is 2.78. The summed E-state index contributed by atoms with van der Waals surface area (Å²) in [5.74, 6) is -0.0427. The lowest BCUT2D eigenvalue weighted by molar-refractivity contribution is -0.137. The fourth-order valence-corrected chi connectivity index (χ4v) is 2.03. The van der Waals surface area contributed by atoms with Gasteiger partial charge >= 0.3 is 5.97 Å². The van der Waals surface area contributed by atoms with Crippen LogP contribution in [-0.4, -0.2) is 36.6 Å². The maximum atomic E-state index is 10.3. The average molecular weight is 241 g/mol. The summed E-state index contributed by atoms with van der Waals surface area (Å²) >= 11 is 0. The van der Waals surface area contributed by atoms with Crippen molar-refractivity contribution in [3.8, 4) is 0 Å². The van der Waals surface area contributed by atoms with Gasteiger partial charge < -0.3 is 10.0 Å². The molecule has 0 aliphatic heterocycles. The van der Waals surface area contributed by atoms with Crippen molar-refractivity contribution >= 4 is 5.97 Å². The predicted octanol–water partition coefficient (Wildman–Crippen LogP) is 3.17. The Morgan fingerprint density at radius 2 is 1.88 bits per heavy atom. The van der Waals surface area contributed by atoms with Crippen LogP contribution >= 0.6 is 0 Å². The third kappa shape index (κ3) is 11.4. The Morgan fingerprint density at radius 3 is 2.41 bits per heavy atom. The van der Waals surface area contributed by atoms with Crippen molar-refractivity contribution in [1.29, 1.82) is 0 Å². The Hall–Kier alpha value is -0.830. The van der Waals surface area contributed by atoms with Gasteiger partial charge in [-0.2, -0.15) is 0 Å². The molecule has 1 atom stereocenters. The summed E-state index contributed by atoms with van der Waals surface area (Å²) in [4.78, 5) is 12.5. The van der Waals surface area contributed by atoms with Gasteiger partial charge in [0.2, 0.25) is 0 Å². The molecule has 0 bridgehead atoms. The number of carboxylic acid groups (broad SMARTS) is 1. The molecular formula is C14H27NO2. The van der Waals surface area contributed by atoms with Crippen LogP contribution in [0.3, 0.4) is 0 Å². The summed E-state index contributed by atoms with van der Waals surface area (Å²) in [6, 6.07) is 0. The second-order valence-corrected chi connectivity index (χ2v) is 4.89. The Kier molecular flexibility index (Phi) is 9.83. The molecule has 0 aliphatic rings. The minimum absolute atomic E-state index is 0.315. The van der Waals surface area contributed by atoms with Crippen molar-refractivity contribution in [3.63, 3.8) is 0 Å². The summed E-state index contributed by atoms with van der Waals surface area (Å²) in [7, 11) is 4.20. The van der Waals surface area contributed by atoms with E-state index < -0.39 is 5.97 Å². The van der Waals surface area contributed by atoms with Crippen molar-refractivity contribution < 1.29 is 9.90 Å². The standard InChI is InChI=1S/C14H27NO2/c1-4-9-13(12-15(2)3)10-7-5-6-8-11-14(16)17/h4,9,13H,5-8,10-12H2,1-3H3,(H,16,17)/b9-4-. The summed E-state index contributed by atoms with van der Waals surface area (Å²) in [5.41, 5.74) is 0.